The third kappa shape index (κ3) is 2.71. The topological polar surface area (TPSA) is 25.8 Å². The van der Waals surface area contributed by atoms with Gasteiger partial charge in [-0.25, -0.2) is 9.97 Å². The van der Waals surface area contributed by atoms with Crippen molar-refractivity contribution in [3.8, 4) is 10.7 Å². The van der Waals surface area contributed by atoms with Crippen LogP contribution in [-0.4, -0.2) is 9.97 Å². The lowest BCUT2D eigenvalue weighted by Gasteiger charge is -1.97. The zero-order valence-corrected chi connectivity index (χ0v) is 13.9. The maximum atomic E-state index is 5.93. The first-order chi connectivity index (χ1) is 7.08. The Kier molecular flexibility index (Phi) is 4.03. The number of halogens is 4. The summed E-state index contributed by atoms with van der Waals surface area (Å²) in [4.78, 5) is 9.42. The van der Waals surface area contributed by atoms with Crippen molar-refractivity contribution in [1.82, 2.24) is 9.97 Å². The third-order valence-corrected chi connectivity index (χ3v) is 6.22. The standard InChI is InChI=1S/C8H2Br2ClIN2S/c9-3-1-5(15-6(3)10)8-13-2-4(12)7(11)14-8/h1-2H. The maximum absolute atomic E-state index is 5.93. The van der Waals surface area contributed by atoms with Gasteiger partial charge in [-0.05, 0) is 60.5 Å². The number of nitrogens with zero attached hydrogens (tertiary/aromatic N) is 2. The van der Waals surface area contributed by atoms with Gasteiger partial charge in [0.2, 0.25) is 0 Å². The first-order valence-corrected chi connectivity index (χ1v) is 7.57. The minimum atomic E-state index is 0.487. The summed E-state index contributed by atoms with van der Waals surface area (Å²) in [5.74, 6) is 0.650. The van der Waals surface area contributed by atoms with Gasteiger partial charge in [-0.3, -0.25) is 0 Å². The minimum Gasteiger partial charge on any atom is -0.235 e. The number of aromatic nitrogens is 2. The van der Waals surface area contributed by atoms with E-state index in [1.807, 2.05) is 6.07 Å². The molecule has 2 aromatic rings. The molecule has 0 bridgehead atoms. The smallest absolute Gasteiger partial charge is 0.171 e. The molecule has 0 aliphatic heterocycles. The Morgan fingerprint density at radius 2 is 2.13 bits per heavy atom. The Hall–Kier alpha value is 0.760. The number of rotatable bonds is 1. The van der Waals surface area contributed by atoms with Gasteiger partial charge in [0.15, 0.2) is 5.82 Å². The van der Waals surface area contributed by atoms with Crippen molar-refractivity contribution in [3.05, 3.63) is 29.2 Å². The molecule has 78 valence electrons. The van der Waals surface area contributed by atoms with E-state index in [0.717, 1.165) is 16.7 Å². The molecule has 15 heavy (non-hydrogen) atoms. The van der Waals surface area contributed by atoms with Crippen molar-refractivity contribution >= 4 is 77.4 Å². The summed E-state index contributed by atoms with van der Waals surface area (Å²) in [5.41, 5.74) is 0. The molecule has 0 aliphatic carbocycles. The zero-order valence-electron chi connectivity index (χ0n) is 6.97. The van der Waals surface area contributed by atoms with Crippen molar-refractivity contribution in [3.63, 3.8) is 0 Å². The van der Waals surface area contributed by atoms with E-state index in [1.54, 1.807) is 17.5 Å². The van der Waals surface area contributed by atoms with Gasteiger partial charge in [0, 0.05) is 10.7 Å². The van der Waals surface area contributed by atoms with Gasteiger partial charge in [-0.15, -0.1) is 11.3 Å². The Balaban J connectivity index is 2.49. The summed E-state index contributed by atoms with van der Waals surface area (Å²) in [6.45, 7) is 0. The van der Waals surface area contributed by atoms with E-state index in [4.69, 9.17) is 11.6 Å². The van der Waals surface area contributed by atoms with E-state index in [2.05, 4.69) is 64.4 Å². The quantitative estimate of drug-likeness (QED) is 0.425. The molecule has 0 radical (unpaired) electrons. The summed E-state index contributed by atoms with van der Waals surface area (Å²) >= 11 is 16.4. The summed E-state index contributed by atoms with van der Waals surface area (Å²) in [5, 5.41) is 0.487. The van der Waals surface area contributed by atoms with Gasteiger partial charge in [0.05, 0.1) is 12.2 Å². The number of hydrogen-bond acceptors (Lipinski definition) is 3. The van der Waals surface area contributed by atoms with Crippen molar-refractivity contribution in [1.29, 1.82) is 0 Å². The van der Waals surface area contributed by atoms with Crippen molar-refractivity contribution in [2.24, 2.45) is 0 Å². The summed E-state index contributed by atoms with van der Waals surface area (Å²) in [6, 6.07) is 1.97. The molecule has 2 nitrogen and oxygen atoms in total. The summed E-state index contributed by atoms with van der Waals surface area (Å²) < 4.78 is 2.88. The Morgan fingerprint density at radius 1 is 1.40 bits per heavy atom. The predicted molar refractivity (Wildman–Crippen MR) is 78.5 cm³/mol. The molecule has 0 fully saturated rings. The molecular weight excluding hydrogens is 478 g/mol. The molecule has 0 atom stereocenters. The average Bonchev–Trinajstić information content (AvgIpc) is 2.52. The third-order valence-electron chi connectivity index (χ3n) is 1.57. The lowest BCUT2D eigenvalue weighted by atomic mass is 10.4. The molecule has 7 heteroatoms. The predicted octanol–water partition coefficient (Wildman–Crippen LogP) is 4.99. The molecule has 0 saturated carbocycles. The van der Waals surface area contributed by atoms with E-state index in [9.17, 15) is 0 Å². The van der Waals surface area contributed by atoms with E-state index in [0.29, 0.717) is 11.0 Å². The SMILES string of the molecule is Clc1nc(-c2cc(Br)c(Br)s2)ncc1I. The lowest BCUT2D eigenvalue weighted by molar-refractivity contribution is 1.17. The molecule has 2 rings (SSSR count). The summed E-state index contributed by atoms with van der Waals surface area (Å²) in [7, 11) is 0. The summed E-state index contributed by atoms with van der Waals surface area (Å²) in [6.07, 6.45) is 1.72. The van der Waals surface area contributed by atoms with Gasteiger partial charge in [-0.2, -0.15) is 0 Å². The second-order valence-electron chi connectivity index (χ2n) is 2.56. The Labute approximate surface area is 126 Å². The molecule has 0 N–H and O–H groups in total. The van der Waals surface area contributed by atoms with Gasteiger partial charge in [0.1, 0.15) is 5.15 Å². The Morgan fingerprint density at radius 3 is 2.67 bits per heavy atom. The van der Waals surface area contributed by atoms with Crippen molar-refractivity contribution in [2.45, 2.75) is 0 Å². The fraction of sp³-hybridized carbons (Fsp3) is 0. The van der Waals surface area contributed by atoms with Crippen LogP contribution < -0.4 is 0 Å². The second kappa shape index (κ2) is 4.95. The van der Waals surface area contributed by atoms with Crippen LogP contribution in [0.1, 0.15) is 0 Å². The van der Waals surface area contributed by atoms with Crippen LogP contribution in [0, 0.1) is 3.57 Å². The fourth-order valence-corrected chi connectivity index (χ4v) is 3.29. The highest BCUT2D eigenvalue weighted by molar-refractivity contribution is 14.1. The van der Waals surface area contributed by atoms with E-state index < -0.39 is 0 Å². The monoisotopic (exact) mass is 478 g/mol. The molecule has 0 unspecified atom stereocenters. The van der Waals surface area contributed by atoms with Gasteiger partial charge < -0.3 is 0 Å². The van der Waals surface area contributed by atoms with E-state index >= 15 is 0 Å². The average molecular weight is 480 g/mol. The van der Waals surface area contributed by atoms with Crippen LogP contribution in [0.25, 0.3) is 10.7 Å². The fourth-order valence-electron chi connectivity index (χ4n) is 0.922. The molecule has 0 amide bonds. The number of hydrogen-bond donors (Lipinski definition) is 0. The highest BCUT2D eigenvalue weighted by Crippen LogP contribution is 2.37. The van der Waals surface area contributed by atoms with Gasteiger partial charge in [-0.1, -0.05) is 11.6 Å². The normalized spacial score (nSPS) is 10.7. The molecule has 0 aliphatic rings. The van der Waals surface area contributed by atoms with Crippen LogP contribution in [0.4, 0.5) is 0 Å². The molecule has 2 heterocycles. The van der Waals surface area contributed by atoms with Crippen LogP contribution in [0.5, 0.6) is 0 Å². The van der Waals surface area contributed by atoms with Gasteiger partial charge in [0.25, 0.3) is 0 Å². The first-order valence-electron chi connectivity index (χ1n) is 3.71. The lowest BCUT2D eigenvalue weighted by Crippen LogP contribution is -1.89. The van der Waals surface area contributed by atoms with Crippen LogP contribution in [0.2, 0.25) is 5.15 Å². The Bertz CT molecular complexity index is 498. The number of thiophene rings is 1. The maximum Gasteiger partial charge on any atom is 0.171 e. The van der Waals surface area contributed by atoms with Crippen molar-refractivity contribution in [2.75, 3.05) is 0 Å². The largest absolute Gasteiger partial charge is 0.235 e. The highest BCUT2D eigenvalue weighted by atomic mass is 127. The van der Waals surface area contributed by atoms with Crippen LogP contribution in [0.15, 0.2) is 20.5 Å². The second-order valence-corrected chi connectivity index (χ2v) is 7.31. The highest BCUT2D eigenvalue weighted by Gasteiger charge is 2.10. The van der Waals surface area contributed by atoms with Crippen molar-refractivity contribution < 1.29 is 0 Å². The molecule has 0 spiro atoms. The van der Waals surface area contributed by atoms with Crippen LogP contribution in [-0.2, 0) is 0 Å². The van der Waals surface area contributed by atoms with Gasteiger partial charge >= 0.3 is 0 Å². The molecule has 0 saturated heterocycles. The van der Waals surface area contributed by atoms with E-state index in [-0.39, 0.29) is 0 Å². The van der Waals surface area contributed by atoms with E-state index in [1.165, 1.54) is 0 Å². The zero-order chi connectivity index (χ0) is 11.0. The van der Waals surface area contributed by atoms with Crippen LogP contribution >= 0.6 is 77.4 Å². The molecule has 0 aromatic carbocycles. The van der Waals surface area contributed by atoms with Crippen LogP contribution in [0.3, 0.4) is 0 Å². The minimum absolute atomic E-state index is 0.487. The first kappa shape index (κ1) is 12.2. The molecular formula is C8H2Br2ClIN2S. The molecule has 2 aromatic heterocycles.